The Morgan fingerprint density at radius 2 is 1.19 bits per heavy atom. The van der Waals surface area contributed by atoms with Crippen LogP contribution in [0, 0.1) is 10.8 Å². The number of rotatable bonds is 2. The van der Waals surface area contributed by atoms with Gasteiger partial charge in [-0.15, -0.1) is 0 Å². The van der Waals surface area contributed by atoms with Crippen LogP contribution in [0.1, 0.15) is 25.7 Å². The summed E-state index contributed by atoms with van der Waals surface area (Å²) in [6.45, 7) is 0. The third-order valence-corrected chi connectivity index (χ3v) is 8.45. The molecule has 0 unspecified atom stereocenters. The molecule has 16 heavy (non-hydrogen) atoms. The van der Waals surface area contributed by atoms with Crippen molar-refractivity contribution >= 4 is 57.1 Å². The average Bonchev–Trinajstić information content (AvgIpc) is 2.64. The van der Waals surface area contributed by atoms with Crippen LogP contribution in [0.5, 0.6) is 0 Å². The van der Waals surface area contributed by atoms with Crippen molar-refractivity contribution in [3.8, 4) is 0 Å². The Hall–Kier alpha value is 0.400. The molecule has 4 atom stereocenters. The minimum absolute atomic E-state index is 0.316. The minimum atomic E-state index is -0.805. The van der Waals surface area contributed by atoms with E-state index < -0.39 is 22.8 Å². The van der Waals surface area contributed by atoms with E-state index in [9.17, 15) is 19.8 Å². The zero-order chi connectivity index (χ0) is 12.0. The first-order valence-electron chi connectivity index (χ1n) is 5.06. The Morgan fingerprint density at radius 3 is 1.38 bits per heavy atom. The maximum absolute atomic E-state index is 11.5. The Morgan fingerprint density at radius 1 is 0.812 bits per heavy atom. The fourth-order valence-corrected chi connectivity index (χ4v) is 8.72. The summed E-state index contributed by atoms with van der Waals surface area (Å²) in [5.41, 5.74) is -1.60. The van der Waals surface area contributed by atoms with Gasteiger partial charge in [-0.25, -0.2) is 0 Å². The highest BCUT2D eigenvalue weighted by Gasteiger charge is 2.87. The van der Waals surface area contributed by atoms with Gasteiger partial charge < -0.3 is 10.2 Å². The molecule has 0 aromatic heterocycles. The molecule has 0 heterocycles. The van der Waals surface area contributed by atoms with Crippen molar-refractivity contribution in [2.75, 3.05) is 0 Å². The molecule has 2 N–H and O–H groups in total. The molecule has 4 aliphatic rings. The molecule has 0 aromatic carbocycles. The fraction of sp³-hybridized carbons (Fsp3) is 0.800. The van der Waals surface area contributed by atoms with E-state index in [1.165, 1.54) is 0 Å². The summed E-state index contributed by atoms with van der Waals surface area (Å²) >= 11 is 4.42. The van der Waals surface area contributed by atoms with Gasteiger partial charge in [0.05, 0.1) is 10.8 Å². The summed E-state index contributed by atoms with van der Waals surface area (Å²) in [5, 5.41) is 18.9. The molecule has 4 rings (SSSR count). The molecule has 0 amide bonds. The molecule has 0 aromatic rings. The molecule has 0 aliphatic heterocycles. The van der Waals surface area contributed by atoms with Crippen LogP contribution in [0.15, 0.2) is 0 Å². The molecule has 4 fully saturated rings. The topological polar surface area (TPSA) is 74.6 Å². The number of carboxylic acid groups (broad SMARTS) is 2. The zero-order valence-corrected chi connectivity index (χ0v) is 12.6. The van der Waals surface area contributed by atoms with Gasteiger partial charge in [0.25, 0.3) is 0 Å². The Balaban J connectivity index is 2.22. The number of hydrogen-bond donors (Lipinski definition) is 2. The Labute approximate surface area is 119 Å². The summed E-state index contributed by atoms with van der Waals surface area (Å²) in [4.78, 5) is 23.1. The lowest BCUT2D eigenvalue weighted by atomic mass is 9.80. The predicted octanol–water partition coefficient (Wildman–Crippen LogP) is 2.08. The van der Waals surface area contributed by atoms with E-state index in [4.69, 9.17) is 0 Å². The highest BCUT2D eigenvalue weighted by atomic mass is 127. The van der Waals surface area contributed by atoms with Gasteiger partial charge in [0, 0.05) is 6.84 Å². The third kappa shape index (κ3) is 0.874. The summed E-state index contributed by atoms with van der Waals surface area (Å²) in [5.74, 6) is -1.61. The van der Waals surface area contributed by atoms with Crippen LogP contribution in [0.25, 0.3) is 0 Å². The molecule has 4 bridgehead atoms. The Kier molecular flexibility index (Phi) is 1.94. The normalized spacial score (nSPS) is 57.1. The van der Waals surface area contributed by atoms with Crippen LogP contribution in [0.4, 0.5) is 0 Å². The van der Waals surface area contributed by atoms with Gasteiger partial charge in [-0.05, 0) is 25.7 Å². The van der Waals surface area contributed by atoms with Gasteiger partial charge >= 0.3 is 11.9 Å². The van der Waals surface area contributed by atoms with Crippen LogP contribution in [0.3, 0.4) is 0 Å². The first-order chi connectivity index (χ1) is 7.22. The minimum Gasteiger partial charge on any atom is -0.481 e. The first-order valence-corrected chi connectivity index (χ1v) is 7.22. The van der Waals surface area contributed by atoms with Gasteiger partial charge in [-0.1, -0.05) is 45.2 Å². The second kappa shape index (κ2) is 2.70. The van der Waals surface area contributed by atoms with E-state index in [1.807, 2.05) is 0 Å². The number of hydrogen-bond acceptors (Lipinski definition) is 2. The SMILES string of the molecule is O=C(O)[C@]12C[C@]3(I)C[C@@]1(I)C[C@]3(C(=O)O)C2. The summed E-state index contributed by atoms with van der Waals surface area (Å²) in [7, 11) is 0. The third-order valence-electron chi connectivity index (χ3n) is 4.86. The van der Waals surface area contributed by atoms with Crippen LogP contribution in [-0.4, -0.2) is 29.0 Å². The monoisotopic (exact) mass is 448 g/mol. The van der Waals surface area contributed by atoms with Crippen molar-refractivity contribution in [1.82, 2.24) is 0 Å². The molecular weight excluding hydrogens is 438 g/mol. The van der Waals surface area contributed by atoms with Crippen LogP contribution < -0.4 is 0 Å². The van der Waals surface area contributed by atoms with Crippen molar-refractivity contribution < 1.29 is 19.8 Å². The summed E-state index contributed by atoms with van der Waals surface area (Å²) < 4.78 is -0.702. The van der Waals surface area contributed by atoms with Gasteiger partial charge in [0.1, 0.15) is 0 Å². The summed E-state index contributed by atoms with van der Waals surface area (Å²) in [6, 6.07) is 0. The van der Waals surface area contributed by atoms with Crippen molar-refractivity contribution in [1.29, 1.82) is 0 Å². The van der Waals surface area contributed by atoms with E-state index in [2.05, 4.69) is 45.2 Å². The van der Waals surface area contributed by atoms with Gasteiger partial charge in [0.15, 0.2) is 0 Å². The maximum atomic E-state index is 11.5. The van der Waals surface area contributed by atoms with Crippen LogP contribution in [-0.2, 0) is 9.59 Å². The lowest BCUT2D eigenvalue weighted by Gasteiger charge is -2.31. The first kappa shape index (κ1) is 11.5. The number of aliphatic carboxylic acids is 2. The van der Waals surface area contributed by atoms with E-state index in [0.29, 0.717) is 19.3 Å². The second-order valence-electron chi connectivity index (χ2n) is 5.41. The van der Waals surface area contributed by atoms with Crippen LogP contribution >= 0.6 is 45.2 Å². The standard InChI is InChI=1S/C10H10I2O4/c11-9-2-7(5(13)14)1-8(9,6(15)16)3-10(7,12)4-9/h1-4H2,(H,13,14)(H,15,16)/t7-,8-,9-,10-/m0/s1. The molecule has 4 aliphatic carbocycles. The van der Waals surface area contributed by atoms with E-state index >= 15 is 0 Å². The highest BCUT2D eigenvalue weighted by molar-refractivity contribution is 14.1. The van der Waals surface area contributed by atoms with Gasteiger partial charge in [0.2, 0.25) is 0 Å². The van der Waals surface area contributed by atoms with Gasteiger partial charge in [-0.2, -0.15) is 0 Å². The van der Waals surface area contributed by atoms with Gasteiger partial charge in [-0.3, -0.25) is 9.59 Å². The quantitative estimate of drug-likeness (QED) is 0.502. The number of halogens is 2. The Bertz CT molecular complexity index is 401. The largest absolute Gasteiger partial charge is 0.481 e. The van der Waals surface area contributed by atoms with Crippen molar-refractivity contribution in [2.24, 2.45) is 10.8 Å². The molecular formula is C10H10I2O4. The molecule has 6 heteroatoms. The van der Waals surface area contributed by atoms with Crippen LogP contribution in [0.2, 0.25) is 0 Å². The zero-order valence-electron chi connectivity index (χ0n) is 8.30. The predicted molar refractivity (Wildman–Crippen MR) is 72.1 cm³/mol. The lowest BCUT2D eigenvalue weighted by molar-refractivity contribution is -0.149. The van der Waals surface area contributed by atoms with Crippen molar-refractivity contribution in [3.05, 3.63) is 0 Å². The number of carboxylic acids is 2. The maximum Gasteiger partial charge on any atom is 0.311 e. The molecule has 0 radical (unpaired) electrons. The van der Waals surface area contributed by atoms with Crippen molar-refractivity contribution in [2.45, 2.75) is 32.5 Å². The lowest BCUT2D eigenvalue weighted by Crippen LogP contribution is -2.40. The number of alkyl halides is 2. The molecule has 4 nitrogen and oxygen atoms in total. The fourth-order valence-electron chi connectivity index (χ4n) is 4.16. The smallest absolute Gasteiger partial charge is 0.311 e. The summed E-state index contributed by atoms with van der Waals surface area (Å²) in [6.07, 6.45) is 2.08. The average molecular weight is 448 g/mol. The second-order valence-corrected chi connectivity index (χ2v) is 9.54. The van der Waals surface area contributed by atoms with E-state index in [-0.39, 0.29) is 6.84 Å². The molecule has 0 saturated heterocycles. The van der Waals surface area contributed by atoms with Crippen molar-refractivity contribution in [3.63, 3.8) is 0 Å². The molecule has 4 saturated carbocycles. The highest BCUT2D eigenvalue weighted by Crippen LogP contribution is 2.84. The van der Waals surface area contributed by atoms with E-state index in [1.54, 1.807) is 0 Å². The molecule has 88 valence electrons. The molecule has 0 spiro atoms. The number of carbonyl (C=O) groups is 2. The van der Waals surface area contributed by atoms with E-state index in [0.717, 1.165) is 6.42 Å².